The Morgan fingerprint density at radius 2 is 1.87 bits per heavy atom. The summed E-state index contributed by atoms with van der Waals surface area (Å²) in [6, 6.07) is 5.15. The third kappa shape index (κ3) is 4.89. The zero-order chi connectivity index (χ0) is 15.9. The average Bonchev–Trinajstić information content (AvgIpc) is 2.64. The van der Waals surface area contributed by atoms with E-state index in [0.717, 1.165) is 24.7 Å². The van der Waals surface area contributed by atoms with Crippen LogP contribution in [0.2, 0.25) is 0 Å². The molecule has 2 aliphatic rings. The molecule has 126 valence electrons. The number of rotatable bonds is 5. The molecule has 3 rings (SSSR count). The van der Waals surface area contributed by atoms with Crippen molar-refractivity contribution >= 4 is 6.08 Å². The first-order chi connectivity index (χ1) is 11.3. The molecule has 1 aromatic heterocycles. The van der Waals surface area contributed by atoms with Crippen molar-refractivity contribution in [2.75, 3.05) is 32.7 Å². The number of pyridine rings is 1. The Morgan fingerprint density at radius 3 is 2.52 bits per heavy atom. The third-order valence-electron chi connectivity index (χ3n) is 5.37. The van der Waals surface area contributed by atoms with Crippen molar-refractivity contribution in [3.63, 3.8) is 0 Å². The Bertz CT molecular complexity index is 480. The molecule has 1 aromatic rings. The highest BCUT2D eigenvalue weighted by Crippen LogP contribution is 2.20. The van der Waals surface area contributed by atoms with Gasteiger partial charge < -0.3 is 4.90 Å². The van der Waals surface area contributed by atoms with Gasteiger partial charge in [-0.3, -0.25) is 9.88 Å². The summed E-state index contributed by atoms with van der Waals surface area (Å²) < 4.78 is 0. The number of hydrogen-bond donors (Lipinski definition) is 0. The minimum atomic E-state index is 0.846. The van der Waals surface area contributed by atoms with E-state index in [-0.39, 0.29) is 0 Å². The van der Waals surface area contributed by atoms with Crippen LogP contribution >= 0.6 is 0 Å². The minimum absolute atomic E-state index is 0.846. The molecular formula is C20H31N3. The highest BCUT2D eigenvalue weighted by Gasteiger charge is 2.24. The molecule has 0 spiro atoms. The van der Waals surface area contributed by atoms with Crippen molar-refractivity contribution in [3.8, 4) is 0 Å². The Hall–Kier alpha value is -1.19. The average molecular weight is 313 g/mol. The van der Waals surface area contributed by atoms with Crippen LogP contribution in [-0.4, -0.2) is 53.5 Å². The number of hydrogen-bond acceptors (Lipinski definition) is 3. The molecule has 3 heteroatoms. The lowest BCUT2D eigenvalue weighted by Gasteiger charge is -2.40. The zero-order valence-electron chi connectivity index (χ0n) is 14.6. The molecule has 0 aromatic carbocycles. The molecule has 0 saturated carbocycles. The quantitative estimate of drug-likeness (QED) is 0.828. The van der Waals surface area contributed by atoms with Crippen LogP contribution in [0.1, 0.15) is 50.3 Å². The molecule has 0 unspecified atom stereocenters. The molecule has 3 heterocycles. The maximum Gasteiger partial charge on any atom is 0.0627 e. The van der Waals surface area contributed by atoms with Gasteiger partial charge in [0.1, 0.15) is 0 Å². The molecule has 2 fully saturated rings. The van der Waals surface area contributed by atoms with Gasteiger partial charge in [0, 0.05) is 18.8 Å². The van der Waals surface area contributed by atoms with Crippen LogP contribution in [0.15, 0.2) is 24.4 Å². The van der Waals surface area contributed by atoms with Crippen molar-refractivity contribution in [1.29, 1.82) is 0 Å². The Labute approximate surface area is 141 Å². The molecular weight excluding hydrogens is 282 g/mol. The normalized spacial score (nSPS) is 22.0. The highest BCUT2D eigenvalue weighted by molar-refractivity contribution is 5.44. The molecule has 0 radical (unpaired) electrons. The smallest absolute Gasteiger partial charge is 0.0627 e. The first-order valence-electron chi connectivity index (χ1n) is 9.43. The van der Waals surface area contributed by atoms with Gasteiger partial charge in [0.2, 0.25) is 0 Å². The van der Waals surface area contributed by atoms with Crippen LogP contribution in [0.4, 0.5) is 0 Å². The Kier molecular flexibility index (Phi) is 6.23. The lowest BCUT2D eigenvalue weighted by molar-refractivity contribution is 0.0975. The summed E-state index contributed by atoms with van der Waals surface area (Å²) in [5.74, 6) is 0. The van der Waals surface area contributed by atoms with E-state index in [9.17, 15) is 0 Å². The summed E-state index contributed by atoms with van der Waals surface area (Å²) in [7, 11) is 0. The van der Waals surface area contributed by atoms with E-state index in [1.165, 1.54) is 63.8 Å². The van der Waals surface area contributed by atoms with E-state index < -0.39 is 0 Å². The summed E-state index contributed by atoms with van der Waals surface area (Å²) >= 11 is 0. The summed E-state index contributed by atoms with van der Waals surface area (Å²) in [6.45, 7) is 8.39. The van der Waals surface area contributed by atoms with E-state index in [4.69, 9.17) is 0 Å². The molecule has 0 aliphatic carbocycles. The molecule has 0 amide bonds. The van der Waals surface area contributed by atoms with Crippen molar-refractivity contribution < 1.29 is 0 Å². The van der Waals surface area contributed by atoms with Crippen LogP contribution in [0.25, 0.3) is 6.08 Å². The lowest BCUT2D eigenvalue weighted by Crippen LogP contribution is -2.46. The van der Waals surface area contributed by atoms with Gasteiger partial charge in [0.25, 0.3) is 0 Å². The van der Waals surface area contributed by atoms with Gasteiger partial charge in [-0.15, -0.1) is 0 Å². The Balaban J connectivity index is 1.40. The van der Waals surface area contributed by atoms with Crippen molar-refractivity contribution in [3.05, 3.63) is 35.7 Å². The highest BCUT2D eigenvalue weighted by atomic mass is 15.2. The SMILES string of the molecule is CCc1ccc(/C=C/CN2CCC(N3CCCCC3)CC2)nc1. The predicted octanol–water partition coefficient (Wildman–Crippen LogP) is 3.61. The maximum atomic E-state index is 4.49. The molecule has 2 saturated heterocycles. The van der Waals surface area contributed by atoms with E-state index in [2.05, 4.69) is 46.0 Å². The standard InChI is InChI=1S/C20H31N3/c1-2-18-8-9-19(21-17-18)7-6-12-22-15-10-20(11-16-22)23-13-4-3-5-14-23/h6-9,17,20H,2-5,10-16H2,1H3/b7-6+. The monoisotopic (exact) mass is 313 g/mol. The van der Waals surface area contributed by atoms with Crippen LogP contribution in [0.3, 0.4) is 0 Å². The number of nitrogens with zero attached hydrogens (tertiary/aromatic N) is 3. The molecule has 3 nitrogen and oxygen atoms in total. The molecule has 2 aliphatic heterocycles. The zero-order valence-corrected chi connectivity index (χ0v) is 14.6. The fraction of sp³-hybridized carbons (Fsp3) is 0.650. The van der Waals surface area contributed by atoms with Crippen molar-refractivity contribution in [1.82, 2.24) is 14.8 Å². The molecule has 0 bridgehead atoms. The van der Waals surface area contributed by atoms with Crippen molar-refractivity contribution in [2.45, 2.75) is 51.5 Å². The minimum Gasteiger partial charge on any atom is -0.300 e. The van der Waals surface area contributed by atoms with Gasteiger partial charge >= 0.3 is 0 Å². The first kappa shape index (κ1) is 16.7. The fourth-order valence-electron chi connectivity index (χ4n) is 3.82. The van der Waals surface area contributed by atoms with Crippen LogP contribution in [0.5, 0.6) is 0 Å². The summed E-state index contributed by atoms with van der Waals surface area (Å²) in [5, 5.41) is 0. The van der Waals surface area contributed by atoms with Gasteiger partial charge in [-0.1, -0.05) is 25.5 Å². The second-order valence-electron chi connectivity index (χ2n) is 6.98. The number of aromatic nitrogens is 1. The van der Waals surface area contributed by atoms with Crippen molar-refractivity contribution in [2.24, 2.45) is 0 Å². The second kappa shape index (κ2) is 8.60. The third-order valence-corrected chi connectivity index (χ3v) is 5.37. The summed E-state index contributed by atoms with van der Waals surface area (Å²) in [5.41, 5.74) is 2.38. The number of likely N-dealkylation sites (tertiary alicyclic amines) is 2. The number of aryl methyl sites for hydroxylation is 1. The van der Waals surface area contributed by atoms with E-state index in [0.29, 0.717) is 0 Å². The van der Waals surface area contributed by atoms with Gasteiger partial charge in [-0.25, -0.2) is 0 Å². The maximum absolute atomic E-state index is 4.49. The summed E-state index contributed by atoms with van der Waals surface area (Å²) in [4.78, 5) is 9.82. The molecule has 0 N–H and O–H groups in total. The van der Waals surface area contributed by atoms with Gasteiger partial charge in [-0.2, -0.15) is 0 Å². The topological polar surface area (TPSA) is 19.4 Å². The van der Waals surface area contributed by atoms with Crippen LogP contribution < -0.4 is 0 Å². The largest absolute Gasteiger partial charge is 0.300 e. The van der Waals surface area contributed by atoms with E-state index in [1.807, 2.05) is 6.20 Å². The van der Waals surface area contributed by atoms with Gasteiger partial charge in [0.05, 0.1) is 5.69 Å². The summed E-state index contributed by atoms with van der Waals surface area (Å²) in [6.07, 6.45) is 14.4. The van der Waals surface area contributed by atoms with E-state index in [1.54, 1.807) is 0 Å². The van der Waals surface area contributed by atoms with Crippen LogP contribution in [0, 0.1) is 0 Å². The van der Waals surface area contributed by atoms with Gasteiger partial charge in [0.15, 0.2) is 0 Å². The fourth-order valence-corrected chi connectivity index (χ4v) is 3.82. The first-order valence-corrected chi connectivity index (χ1v) is 9.43. The molecule has 0 atom stereocenters. The number of piperidine rings is 2. The van der Waals surface area contributed by atoms with Crippen LogP contribution in [-0.2, 0) is 6.42 Å². The lowest BCUT2D eigenvalue weighted by atomic mass is 10.00. The second-order valence-corrected chi connectivity index (χ2v) is 6.98. The van der Waals surface area contributed by atoms with E-state index >= 15 is 0 Å². The Morgan fingerprint density at radius 1 is 1.09 bits per heavy atom. The predicted molar refractivity (Wildman–Crippen MR) is 97.5 cm³/mol. The molecule has 23 heavy (non-hydrogen) atoms. The van der Waals surface area contributed by atoms with Gasteiger partial charge in [-0.05, 0) is 76.0 Å².